The van der Waals surface area contributed by atoms with Crippen LogP contribution in [0.2, 0.25) is 0 Å². The summed E-state index contributed by atoms with van der Waals surface area (Å²) in [5, 5.41) is 4.71. The van der Waals surface area contributed by atoms with Gasteiger partial charge in [-0.2, -0.15) is 0 Å². The van der Waals surface area contributed by atoms with Crippen LogP contribution in [0.3, 0.4) is 0 Å². The minimum Gasteiger partial charge on any atom is -0.419 e. The van der Waals surface area contributed by atoms with Crippen LogP contribution in [0.25, 0.3) is 0 Å². The first kappa shape index (κ1) is 16.4. The molecule has 0 spiro atoms. The SMILES string of the molecule is Cc1ccc(NCSC=C2C(=O)OC(C)(C)OC2=O)c(C)c1. The molecule has 6 heteroatoms. The zero-order chi connectivity index (χ0) is 16.3. The van der Waals surface area contributed by atoms with Gasteiger partial charge in [0.15, 0.2) is 5.57 Å². The Bertz CT molecular complexity index is 615. The van der Waals surface area contributed by atoms with E-state index in [1.807, 2.05) is 26.0 Å². The summed E-state index contributed by atoms with van der Waals surface area (Å²) in [6.07, 6.45) is 0. The summed E-state index contributed by atoms with van der Waals surface area (Å²) in [5.74, 6) is -1.98. The maximum atomic E-state index is 11.8. The normalized spacial score (nSPS) is 16.8. The number of rotatable bonds is 4. The van der Waals surface area contributed by atoms with Gasteiger partial charge in [-0.3, -0.25) is 0 Å². The van der Waals surface area contributed by atoms with Gasteiger partial charge in [0.2, 0.25) is 0 Å². The van der Waals surface area contributed by atoms with Gasteiger partial charge in [-0.05, 0) is 30.9 Å². The molecule has 0 aliphatic carbocycles. The molecule has 1 aromatic carbocycles. The van der Waals surface area contributed by atoms with Crippen molar-refractivity contribution in [3.63, 3.8) is 0 Å². The zero-order valence-electron chi connectivity index (χ0n) is 13.1. The quantitative estimate of drug-likeness (QED) is 0.302. The molecule has 0 saturated carbocycles. The average Bonchev–Trinajstić information content (AvgIpc) is 2.37. The number of esters is 2. The number of cyclic esters (lactones) is 2. The number of ether oxygens (including phenoxy) is 2. The van der Waals surface area contributed by atoms with E-state index in [1.54, 1.807) is 0 Å². The standard InChI is InChI=1S/C16H19NO4S/c1-10-5-6-13(11(2)7-10)17-9-22-8-12-14(18)20-16(3,4)21-15(12)19/h5-8,17H,9H2,1-4H3. The van der Waals surface area contributed by atoms with E-state index in [9.17, 15) is 9.59 Å². The number of carbonyl (C=O) groups excluding carboxylic acids is 2. The van der Waals surface area contributed by atoms with Crippen LogP contribution in [0, 0.1) is 13.8 Å². The van der Waals surface area contributed by atoms with Gasteiger partial charge in [0.25, 0.3) is 5.79 Å². The largest absolute Gasteiger partial charge is 0.419 e. The summed E-state index contributed by atoms with van der Waals surface area (Å²) >= 11 is 1.30. The number of aryl methyl sites for hydroxylation is 2. The Labute approximate surface area is 134 Å². The summed E-state index contributed by atoms with van der Waals surface area (Å²) in [6, 6.07) is 6.11. The lowest BCUT2D eigenvalue weighted by Crippen LogP contribution is -2.41. The van der Waals surface area contributed by atoms with E-state index in [0.29, 0.717) is 5.88 Å². The highest BCUT2D eigenvalue weighted by atomic mass is 32.2. The Morgan fingerprint density at radius 2 is 1.82 bits per heavy atom. The lowest BCUT2D eigenvalue weighted by atomic mass is 10.1. The fraction of sp³-hybridized carbons (Fsp3) is 0.375. The fourth-order valence-electron chi connectivity index (χ4n) is 2.01. The van der Waals surface area contributed by atoms with Gasteiger partial charge in [-0.25, -0.2) is 9.59 Å². The van der Waals surface area contributed by atoms with Gasteiger partial charge >= 0.3 is 11.9 Å². The minimum atomic E-state index is -1.20. The van der Waals surface area contributed by atoms with Gasteiger partial charge in [0.1, 0.15) is 0 Å². The van der Waals surface area contributed by atoms with Crippen molar-refractivity contribution in [1.29, 1.82) is 0 Å². The van der Waals surface area contributed by atoms with E-state index in [2.05, 4.69) is 11.4 Å². The topological polar surface area (TPSA) is 64.6 Å². The molecule has 1 aliphatic heterocycles. The Morgan fingerprint density at radius 3 is 2.41 bits per heavy atom. The van der Waals surface area contributed by atoms with Crippen LogP contribution in [-0.4, -0.2) is 23.6 Å². The van der Waals surface area contributed by atoms with Crippen molar-refractivity contribution in [2.75, 3.05) is 11.2 Å². The molecule has 1 N–H and O–H groups in total. The van der Waals surface area contributed by atoms with Crippen molar-refractivity contribution >= 4 is 29.4 Å². The Balaban J connectivity index is 1.92. The lowest BCUT2D eigenvalue weighted by Gasteiger charge is -2.29. The number of nitrogens with one attached hydrogen (secondary N) is 1. The van der Waals surface area contributed by atoms with Crippen molar-refractivity contribution < 1.29 is 19.1 Å². The van der Waals surface area contributed by atoms with Crippen LogP contribution >= 0.6 is 11.8 Å². The van der Waals surface area contributed by atoms with Gasteiger partial charge < -0.3 is 14.8 Å². The van der Waals surface area contributed by atoms with Gasteiger partial charge in [0.05, 0.1) is 5.88 Å². The second-order valence-electron chi connectivity index (χ2n) is 5.52. The number of anilines is 1. The second-order valence-corrected chi connectivity index (χ2v) is 6.37. The molecule has 0 amide bonds. The van der Waals surface area contributed by atoms with Crippen LogP contribution in [0.4, 0.5) is 5.69 Å². The first-order valence-electron chi connectivity index (χ1n) is 6.88. The highest BCUT2D eigenvalue weighted by molar-refractivity contribution is 8.02. The van der Waals surface area contributed by atoms with E-state index in [0.717, 1.165) is 11.3 Å². The van der Waals surface area contributed by atoms with Crippen molar-refractivity contribution in [1.82, 2.24) is 0 Å². The molecule has 1 saturated heterocycles. The van der Waals surface area contributed by atoms with Crippen molar-refractivity contribution in [3.05, 3.63) is 40.3 Å². The first-order chi connectivity index (χ1) is 10.3. The third kappa shape index (κ3) is 4.04. The maximum Gasteiger partial charge on any atom is 0.349 e. The number of hydrogen-bond donors (Lipinski definition) is 1. The molecule has 1 aromatic rings. The van der Waals surface area contributed by atoms with Crippen molar-refractivity contribution in [2.45, 2.75) is 33.5 Å². The highest BCUT2D eigenvalue weighted by Gasteiger charge is 2.38. The molecule has 1 fully saturated rings. The van der Waals surface area contributed by atoms with Crippen molar-refractivity contribution in [3.8, 4) is 0 Å². The van der Waals surface area contributed by atoms with Gasteiger partial charge in [0, 0.05) is 19.5 Å². The molecule has 118 valence electrons. The number of carbonyl (C=O) groups is 2. The maximum absolute atomic E-state index is 11.8. The molecule has 2 rings (SSSR count). The summed E-state index contributed by atoms with van der Waals surface area (Å²) in [7, 11) is 0. The molecule has 0 atom stereocenters. The summed E-state index contributed by atoms with van der Waals surface area (Å²) < 4.78 is 10.0. The number of hydrogen-bond acceptors (Lipinski definition) is 6. The Morgan fingerprint density at radius 1 is 1.18 bits per heavy atom. The first-order valence-corrected chi connectivity index (χ1v) is 7.93. The van der Waals surface area contributed by atoms with E-state index in [4.69, 9.17) is 9.47 Å². The molecule has 22 heavy (non-hydrogen) atoms. The second kappa shape index (κ2) is 6.44. The summed E-state index contributed by atoms with van der Waals surface area (Å²) in [5.41, 5.74) is 3.29. The van der Waals surface area contributed by atoms with Crippen LogP contribution < -0.4 is 5.32 Å². The number of benzene rings is 1. The number of thioether (sulfide) groups is 1. The molecule has 0 radical (unpaired) electrons. The van der Waals surface area contributed by atoms with Crippen LogP contribution in [-0.2, 0) is 19.1 Å². The molecular weight excluding hydrogens is 302 g/mol. The summed E-state index contributed by atoms with van der Waals surface area (Å²) in [6.45, 7) is 7.11. The lowest BCUT2D eigenvalue weighted by molar-refractivity contribution is -0.222. The zero-order valence-corrected chi connectivity index (χ0v) is 13.9. The van der Waals surface area contributed by atoms with Gasteiger partial charge in [-0.1, -0.05) is 17.7 Å². The molecule has 1 aliphatic rings. The van der Waals surface area contributed by atoms with Crippen LogP contribution in [0.1, 0.15) is 25.0 Å². The Kier molecular flexibility index (Phi) is 4.81. The average molecular weight is 321 g/mol. The van der Waals surface area contributed by atoms with Crippen LogP contribution in [0.15, 0.2) is 29.2 Å². The van der Waals surface area contributed by atoms with Gasteiger partial charge in [-0.15, -0.1) is 11.8 Å². The fourth-order valence-corrected chi connectivity index (χ4v) is 2.69. The van der Waals surface area contributed by atoms with Crippen molar-refractivity contribution in [2.24, 2.45) is 0 Å². The molecule has 0 aromatic heterocycles. The van der Waals surface area contributed by atoms with E-state index < -0.39 is 17.7 Å². The molecule has 5 nitrogen and oxygen atoms in total. The minimum absolute atomic E-state index is 0.0771. The monoisotopic (exact) mass is 321 g/mol. The molecule has 0 bridgehead atoms. The molecule has 1 heterocycles. The molecular formula is C16H19NO4S. The molecule has 0 unspecified atom stereocenters. The predicted molar refractivity (Wildman–Crippen MR) is 86.3 cm³/mol. The van der Waals surface area contributed by atoms with E-state index in [1.165, 1.54) is 36.6 Å². The highest BCUT2D eigenvalue weighted by Crippen LogP contribution is 2.24. The van der Waals surface area contributed by atoms with E-state index in [-0.39, 0.29) is 5.57 Å². The Hall–Kier alpha value is -1.95. The smallest absolute Gasteiger partial charge is 0.349 e. The third-order valence-corrected chi connectivity index (χ3v) is 3.76. The summed E-state index contributed by atoms with van der Waals surface area (Å²) in [4.78, 5) is 23.5. The van der Waals surface area contributed by atoms with E-state index >= 15 is 0 Å². The predicted octanol–water partition coefficient (Wildman–Crippen LogP) is 3.13. The third-order valence-electron chi connectivity index (χ3n) is 3.05. The van der Waals surface area contributed by atoms with Crippen LogP contribution in [0.5, 0.6) is 0 Å².